The van der Waals surface area contributed by atoms with Crippen molar-refractivity contribution in [3.05, 3.63) is 29.8 Å². The lowest BCUT2D eigenvalue weighted by Crippen LogP contribution is -2.44. The van der Waals surface area contributed by atoms with Gasteiger partial charge in [0.25, 0.3) is 5.91 Å². The third kappa shape index (κ3) is 5.17. The normalized spacial score (nSPS) is 10.7. The van der Waals surface area contributed by atoms with Crippen molar-refractivity contribution in [2.75, 3.05) is 19.0 Å². The number of benzene rings is 1. The van der Waals surface area contributed by atoms with Gasteiger partial charge in [0.2, 0.25) is 0 Å². The monoisotopic (exact) mass is 279 g/mol. The summed E-state index contributed by atoms with van der Waals surface area (Å²) in [4.78, 5) is 25.2. The minimum absolute atomic E-state index is 0.403. The quantitative estimate of drug-likeness (QED) is 0.811. The van der Waals surface area contributed by atoms with E-state index in [-0.39, 0.29) is 0 Å². The third-order valence-corrected chi connectivity index (χ3v) is 2.30. The SMILES string of the molecule is CN(C)c1cccc(C(=O)NNC(=O)OC(C)(C)C)c1. The van der Waals surface area contributed by atoms with Gasteiger partial charge >= 0.3 is 6.09 Å². The van der Waals surface area contributed by atoms with Gasteiger partial charge in [-0.3, -0.25) is 10.2 Å². The highest BCUT2D eigenvalue weighted by Crippen LogP contribution is 2.13. The molecule has 20 heavy (non-hydrogen) atoms. The molecule has 0 saturated heterocycles. The van der Waals surface area contributed by atoms with Crippen LogP contribution in [0, 0.1) is 0 Å². The number of anilines is 1. The summed E-state index contributed by atoms with van der Waals surface area (Å²) in [5.74, 6) is -0.403. The molecule has 6 heteroatoms. The van der Waals surface area contributed by atoms with Crippen LogP contribution in [0.4, 0.5) is 10.5 Å². The average molecular weight is 279 g/mol. The number of amides is 2. The average Bonchev–Trinajstić information content (AvgIpc) is 2.34. The fraction of sp³-hybridized carbons (Fsp3) is 0.429. The zero-order chi connectivity index (χ0) is 15.3. The van der Waals surface area contributed by atoms with Crippen molar-refractivity contribution in [2.45, 2.75) is 26.4 Å². The van der Waals surface area contributed by atoms with E-state index in [1.807, 2.05) is 25.1 Å². The highest BCUT2D eigenvalue weighted by atomic mass is 16.6. The van der Waals surface area contributed by atoms with Crippen LogP contribution in [0.15, 0.2) is 24.3 Å². The van der Waals surface area contributed by atoms with Crippen LogP contribution in [0.5, 0.6) is 0 Å². The number of nitrogens with one attached hydrogen (secondary N) is 2. The number of nitrogens with zero attached hydrogens (tertiary/aromatic N) is 1. The maximum Gasteiger partial charge on any atom is 0.426 e. The summed E-state index contributed by atoms with van der Waals surface area (Å²) in [7, 11) is 3.77. The Morgan fingerprint density at radius 3 is 2.35 bits per heavy atom. The van der Waals surface area contributed by atoms with Gasteiger partial charge in [-0.25, -0.2) is 10.2 Å². The number of hydrogen-bond acceptors (Lipinski definition) is 4. The summed E-state index contributed by atoms with van der Waals surface area (Å²) in [6, 6.07) is 7.06. The van der Waals surface area contributed by atoms with Gasteiger partial charge in [0.1, 0.15) is 5.60 Å². The van der Waals surface area contributed by atoms with Crippen molar-refractivity contribution in [2.24, 2.45) is 0 Å². The molecule has 0 saturated carbocycles. The number of rotatable bonds is 2. The Morgan fingerprint density at radius 1 is 1.15 bits per heavy atom. The fourth-order valence-corrected chi connectivity index (χ4v) is 1.41. The molecule has 0 aromatic heterocycles. The maximum absolute atomic E-state index is 11.9. The summed E-state index contributed by atoms with van der Waals surface area (Å²) >= 11 is 0. The number of ether oxygens (including phenoxy) is 1. The smallest absolute Gasteiger partial charge is 0.426 e. The standard InChI is InChI=1S/C14H21N3O3/c1-14(2,3)20-13(19)16-15-12(18)10-7-6-8-11(9-10)17(4)5/h6-9H,1-5H3,(H,15,18)(H,16,19). The third-order valence-electron chi connectivity index (χ3n) is 2.30. The van der Waals surface area contributed by atoms with E-state index in [9.17, 15) is 9.59 Å². The molecule has 0 unspecified atom stereocenters. The minimum atomic E-state index is -0.699. The molecular weight excluding hydrogens is 258 g/mol. The van der Waals surface area contributed by atoms with Gasteiger partial charge in [0.15, 0.2) is 0 Å². The fourth-order valence-electron chi connectivity index (χ4n) is 1.41. The Kier molecular flexibility index (Phi) is 4.96. The molecule has 1 aromatic carbocycles. The molecule has 0 spiro atoms. The molecule has 0 aliphatic carbocycles. The Bertz CT molecular complexity index is 493. The molecule has 2 N–H and O–H groups in total. The lowest BCUT2D eigenvalue weighted by Gasteiger charge is -2.19. The van der Waals surface area contributed by atoms with Gasteiger partial charge in [-0.15, -0.1) is 0 Å². The molecule has 0 bridgehead atoms. The van der Waals surface area contributed by atoms with E-state index >= 15 is 0 Å². The van der Waals surface area contributed by atoms with Crippen molar-refractivity contribution in [3.63, 3.8) is 0 Å². The first-order valence-corrected chi connectivity index (χ1v) is 6.26. The molecule has 0 aliphatic rings. The molecule has 1 aromatic rings. The zero-order valence-electron chi connectivity index (χ0n) is 12.5. The first-order chi connectivity index (χ1) is 9.19. The highest BCUT2D eigenvalue weighted by Gasteiger charge is 2.16. The second kappa shape index (κ2) is 6.27. The van der Waals surface area contributed by atoms with Crippen LogP contribution in [-0.2, 0) is 4.74 Å². The van der Waals surface area contributed by atoms with Gasteiger partial charge in [-0.05, 0) is 39.0 Å². The van der Waals surface area contributed by atoms with Gasteiger partial charge in [-0.2, -0.15) is 0 Å². The van der Waals surface area contributed by atoms with Crippen molar-refractivity contribution in [1.82, 2.24) is 10.9 Å². The second-order valence-electron chi connectivity index (χ2n) is 5.53. The summed E-state index contributed by atoms with van der Waals surface area (Å²) in [5, 5.41) is 0. The van der Waals surface area contributed by atoms with Crippen LogP contribution < -0.4 is 15.8 Å². The topological polar surface area (TPSA) is 70.7 Å². The van der Waals surface area contributed by atoms with Crippen molar-refractivity contribution < 1.29 is 14.3 Å². The molecule has 0 radical (unpaired) electrons. The zero-order valence-corrected chi connectivity index (χ0v) is 12.5. The van der Waals surface area contributed by atoms with E-state index in [2.05, 4.69) is 10.9 Å². The first-order valence-electron chi connectivity index (χ1n) is 6.26. The summed E-state index contributed by atoms with van der Waals surface area (Å²) in [5.41, 5.74) is 5.26. The Hall–Kier alpha value is -2.24. The van der Waals surface area contributed by atoms with Crippen molar-refractivity contribution >= 4 is 17.7 Å². The van der Waals surface area contributed by atoms with Crippen LogP contribution in [0.1, 0.15) is 31.1 Å². The van der Waals surface area contributed by atoms with Crippen LogP contribution in [0.2, 0.25) is 0 Å². The number of hydrazine groups is 1. The molecule has 0 aliphatic heterocycles. The molecule has 2 amide bonds. The van der Waals surface area contributed by atoms with E-state index in [1.54, 1.807) is 39.0 Å². The van der Waals surface area contributed by atoms with Crippen molar-refractivity contribution in [3.8, 4) is 0 Å². The lowest BCUT2D eigenvalue weighted by atomic mass is 10.2. The predicted octanol–water partition coefficient (Wildman–Crippen LogP) is 1.92. The largest absolute Gasteiger partial charge is 0.443 e. The molecule has 1 rings (SSSR count). The number of hydrogen-bond donors (Lipinski definition) is 2. The van der Waals surface area contributed by atoms with E-state index in [0.29, 0.717) is 5.56 Å². The van der Waals surface area contributed by atoms with E-state index in [4.69, 9.17) is 4.74 Å². The summed E-state index contributed by atoms with van der Waals surface area (Å²) in [6.07, 6.45) is -0.699. The van der Waals surface area contributed by atoms with Gasteiger partial charge in [-0.1, -0.05) is 6.07 Å². The lowest BCUT2D eigenvalue weighted by molar-refractivity contribution is 0.0483. The van der Waals surface area contributed by atoms with Gasteiger partial charge < -0.3 is 9.64 Å². The van der Waals surface area contributed by atoms with Gasteiger partial charge in [0, 0.05) is 25.3 Å². The van der Waals surface area contributed by atoms with E-state index < -0.39 is 17.6 Å². The number of carbonyl (C=O) groups excluding carboxylic acids is 2. The molecule has 6 nitrogen and oxygen atoms in total. The molecule has 0 heterocycles. The molecular formula is C14H21N3O3. The van der Waals surface area contributed by atoms with Gasteiger partial charge in [0.05, 0.1) is 0 Å². The molecule has 110 valence electrons. The van der Waals surface area contributed by atoms with Crippen LogP contribution in [0.25, 0.3) is 0 Å². The van der Waals surface area contributed by atoms with Crippen LogP contribution in [-0.4, -0.2) is 31.7 Å². The maximum atomic E-state index is 11.9. The Balaban J connectivity index is 2.59. The first kappa shape index (κ1) is 15.8. The predicted molar refractivity (Wildman–Crippen MR) is 77.6 cm³/mol. The molecule has 0 fully saturated rings. The minimum Gasteiger partial charge on any atom is -0.443 e. The van der Waals surface area contributed by atoms with Crippen LogP contribution >= 0.6 is 0 Å². The van der Waals surface area contributed by atoms with E-state index in [0.717, 1.165) is 5.69 Å². The van der Waals surface area contributed by atoms with E-state index in [1.165, 1.54) is 0 Å². The summed E-state index contributed by atoms with van der Waals surface area (Å²) < 4.78 is 5.01. The highest BCUT2D eigenvalue weighted by molar-refractivity contribution is 5.95. The van der Waals surface area contributed by atoms with Crippen molar-refractivity contribution in [1.29, 1.82) is 0 Å². The second-order valence-corrected chi connectivity index (χ2v) is 5.53. The van der Waals surface area contributed by atoms with Crippen LogP contribution in [0.3, 0.4) is 0 Å². The molecule has 0 atom stereocenters. The Morgan fingerprint density at radius 2 is 1.80 bits per heavy atom. The number of carbonyl (C=O) groups is 2. The Labute approximate surface area is 119 Å². The summed E-state index contributed by atoms with van der Waals surface area (Å²) in [6.45, 7) is 5.23.